The van der Waals surface area contributed by atoms with Crippen molar-refractivity contribution in [2.24, 2.45) is 0 Å². The van der Waals surface area contributed by atoms with Crippen molar-refractivity contribution >= 4 is 32.9 Å². The first-order chi connectivity index (χ1) is 17.4. The molecule has 0 aliphatic heterocycles. The van der Waals surface area contributed by atoms with Crippen molar-refractivity contribution in [1.29, 1.82) is 0 Å². The number of hydrogen-bond donors (Lipinski definition) is 1. The molecule has 8 heteroatoms. The molecule has 1 aromatic heterocycles. The predicted molar refractivity (Wildman–Crippen MR) is 140 cm³/mol. The van der Waals surface area contributed by atoms with Crippen LogP contribution in [0.1, 0.15) is 41.6 Å². The highest BCUT2D eigenvalue weighted by atomic mass is 32.2. The summed E-state index contributed by atoms with van der Waals surface area (Å²) in [7, 11) is -3.68. The highest BCUT2D eigenvalue weighted by Gasteiger charge is 2.21. The van der Waals surface area contributed by atoms with Gasteiger partial charge in [-0.3, -0.25) is 0 Å². The fraction of sp³-hybridized carbons (Fsp3) is 0.286. The lowest BCUT2D eigenvalue weighted by Crippen LogP contribution is -2.26. The molecule has 0 saturated heterocycles. The van der Waals surface area contributed by atoms with Crippen molar-refractivity contribution in [1.82, 2.24) is 4.98 Å². The minimum Gasteiger partial charge on any atom is -0.478 e. The highest BCUT2D eigenvalue weighted by Crippen LogP contribution is 2.23. The number of carboxylic acids is 1. The van der Waals surface area contributed by atoms with Gasteiger partial charge in [0.25, 0.3) is 6.01 Å². The summed E-state index contributed by atoms with van der Waals surface area (Å²) in [5, 5.41) is 9.32. The SMILES string of the molecule is O=C(O)c1ccccc1S(=O)(=O)CCCCCN(CCCc1ccccc1)c1nc2ccccc2o1. The molecule has 0 atom stereocenters. The first-order valence-electron chi connectivity index (χ1n) is 12.1. The first-order valence-corrected chi connectivity index (χ1v) is 13.8. The first kappa shape index (κ1) is 25.4. The maximum absolute atomic E-state index is 12.8. The maximum Gasteiger partial charge on any atom is 0.337 e. The van der Waals surface area contributed by atoms with E-state index in [2.05, 4.69) is 22.0 Å². The Bertz CT molecular complexity index is 1370. The number of nitrogens with zero attached hydrogens (tertiary/aromatic N) is 2. The summed E-state index contributed by atoms with van der Waals surface area (Å²) in [6.07, 6.45) is 3.77. The Morgan fingerprint density at radius 1 is 0.833 bits per heavy atom. The van der Waals surface area contributed by atoms with Crippen molar-refractivity contribution < 1.29 is 22.7 Å². The van der Waals surface area contributed by atoms with Crippen LogP contribution in [0.2, 0.25) is 0 Å². The molecule has 0 bridgehead atoms. The van der Waals surface area contributed by atoms with Crippen LogP contribution in [-0.4, -0.2) is 43.3 Å². The second-order valence-corrected chi connectivity index (χ2v) is 10.8. The number of unbranched alkanes of at least 4 members (excludes halogenated alkanes) is 2. The van der Waals surface area contributed by atoms with Gasteiger partial charge in [0, 0.05) is 13.1 Å². The molecule has 0 aliphatic carbocycles. The number of sulfone groups is 1. The number of hydrogen-bond acceptors (Lipinski definition) is 6. The summed E-state index contributed by atoms with van der Waals surface area (Å²) in [5.41, 5.74) is 2.65. The van der Waals surface area contributed by atoms with Crippen molar-refractivity contribution in [3.63, 3.8) is 0 Å². The van der Waals surface area contributed by atoms with E-state index in [0.717, 1.165) is 36.9 Å². The van der Waals surface area contributed by atoms with E-state index in [1.165, 1.54) is 23.8 Å². The number of carboxylic acid groups (broad SMARTS) is 1. The number of anilines is 1. The normalized spacial score (nSPS) is 11.6. The monoisotopic (exact) mass is 506 g/mol. The lowest BCUT2D eigenvalue weighted by Gasteiger charge is -2.20. The molecule has 1 heterocycles. The van der Waals surface area contributed by atoms with Crippen LogP contribution >= 0.6 is 0 Å². The van der Waals surface area contributed by atoms with Gasteiger partial charge in [-0.15, -0.1) is 0 Å². The van der Waals surface area contributed by atoms with Gasteiger partial charge in [-0.1, -0.05) is 61.0 Å². The average molecular weight is 507 g/mol. The van der Waals surface area contributed by atoms with Gasteiger partial charge in [-0.05, 0) is 55.5 Å². The van der Waals surface area contributed by atoms with Crippen LogP contribution in [0.3, 0.4) is 0 Å². The summed E-state index contributed by atoms with van der Waals surface area (Å²) in [5.74, 6) is -1.33. The Balaban J connectivity index is 1.35. The van der Waals surface area contributed by atoms with Gasteiger partial charge >= 0.3 is 5.97 Å². The molecule has 7 nitrogen and oxygen atoms in total. The second kappa shape index (κ2) is 11.9. The van der Waals surface area contributed by atoms with Crippen LogP contribution in [0.15, 0.2) is 88.2 Å². The van der Waals surface area contributed by atoms with Gasteiger partial charge in [-0.2, -0.15) is 4.98 Å². The molecule has 4 aromatic rings. The van der Waals surface area contributed by atoms with Gasteiger partial charge in [-0.25, -0.2) is 13.2 Å². The summed E-state index contributed by atoms with van der Waals surface area (Å²) < 4.78 is 31.5. The molecule has 188 valence electrons. The number of aryl methyl sites for hydroxylation is 1. The van der Waals surface area contributed by atoms with Crippen molar-refractivity contribution in [3.8, 4) is 0 Å². The number of benzene rings is 3. The molecular weight excluding hydrogens is 476 g/mol. The quantitative estimate of drug-likeness (QED) is 0.235. The molecule has 1 N–H and O–H groups in total. The molecule has 0 radical (unpaired) electrons. The number of para-hydroxylation sites is 2. The smallest absolute Gasteiger partial charge is 0.337 e. The molecular formula is C28H30N2O5S. The molecule has 0 amide bonds. The number of fused-ring (bicyclic) bond motifs is 1. The molecule has 36 heavy (non-hydrogen) atoms. The van der Waals surface area contributed by atoms with E-state index >= 15 is 0 Å². The fourth-order valence-corrected chi connectivity index (χ4v) is 5.79. The fourth-order valence-electron chi connectivity index (χ4n) is 4.21. The van der Waals surface area contributed by atoms with Crippen molar-refractivity contribution in [3.05, 3.63) is 90.0 Å². The minimum atomic E-state index is -3.68. The van der Waals surface area contributed by atoms with Crippen molar-refractivity contribution in [2.75, 3.05) is 23.7 Å². The van der Waals surface area contributed by atoms with E-state index in [-0.39, 0.29) is 16.2 Å². The lowest BCUT2D eigenvalue weighted by atomic mass is 10.1. The highest BCUT2D eigenvalue weighted by molar-refractivity contribution is 7.91. The van der Waals surface area contributed by atoms with Gasteiger partial charge in [0.1, 0.15) is 5.52 Å². The zero-order chi connectivity index (χ0) is 25.4. The molecule has 0 fully saturated rings. The second-order valence-electron chi connectivity index (χ2n) is 8.72. The Labute approximate surface area is 211 Å². The number of carbonyl (C=O) groups is 1. The molecule has 3 aromatic carbocycles. The van der Waals surface area contributed by atoms with E-state index in [9.17, 15) is 18.3 Å². The molecule has 0 spiro atoms. The van der Waals surface area contributed by atoms with Crippen molar-refractivity contribution in [2.45, 2.75) is 37.0 Å². The summed E-state index contributed by atoms with van der Waals surface area (Å²) in [4.78, 5) is 18.1. The molecule has 0 aliphatic rings. The van der Waals surface area contributed by atoms with Crippen LogP contribution < -0.4 is 4.90 Å². The van der Waals surface area contributed by atoms with Gasteiger partial charge in [0.15, 0.2) is 15.4 Å². The largest absolute Gasteiger partial charge is 0.478 e. The lowest BCUT2D eigenvalue weighted by molar-refractivity contribution is 0.0692. The Morgan fingerprint density at radius 3 is 2.31 bits per heavy atom. The number of aromatic carboxylic acids is 1. The van der Waals surface area contributed by atoms with Crippen LogP contribution in [-0.2, 0) is 16.3 Å². The Morgan fingerprint density at radius 2 is 1.53 bits per heavy atom. The summed E-state index contributed by atoms with van der Waals surface area (Å²) in [6.45, 7) is 1.46. The third-order valence-electron chi connectivity index (χ3n) is 6.08. The van der Waals surface area contributed by atoms with Crippen LogP contribution in [0.25, 0.3) is 11.1 Å². The van der Waals surface area contributed by atoms with E-state index in [1.54, 1.807) is 6.07 Å². The van der Waals surface area contributed by atoms with Gasteiger partial charge < -0.3 is 14.4 Å². The molecule has 0 unspecified atom stereocenters. The number of rotatable bonds is 13. The number of aromatic nitrogens is 1. The third-order valence-corrected chi connectivity index (χ3v) is 7.94. The van der Waals surface area contributed by atoms with Crippen LogP contribution in [0.4, 0.5) is 6.01 Å². The average Bonchev–Trinajstić information content (AvgIpc) is 3.32. The summed E-state index contributed by atoms with van der Waals surface area (Å²) in [6, 6.07) is 24.3. The standard InChI is InChI=1S/C28H30N2O5S/c31-27(32)23-15-5-8-18-26(23)36(33,34)21-10-2-9-19-30(20-11-14-22-12-3-1-4-13-22)28-29-24-16-6-7-17-25(24)35-28/h1,3-8,12-13,15-18H,2,9-11,14,19-21H2,(H,31,32). The predicted octanol–water partition coefficient (Wildman–Crippen LogP) is 5.61. The zero-order valence-electron chi connectivity index (χ0n) is 20.0. The van der Waals surface area contributed by atoms with Crippen LogP contribution in [0.5, 0.6) is 0 Å². The summed E-state index contributed by atoms with van der Waals surface area (Å²) >= 11 is 0. The minimum absolute atomic E-state index is 0.0891. The Kier molecular flexibility index (Phi) is 8.38. The van der Waals surface area contributed by atoms with E-state index in [1.807, 2.05) is 42.5 Å². The molecule has 0 saturated carbocycles. The van der Waals surface area contributed by atoms with E-state index in [4.69, 9.17) is 4.42 Å². The van der Waals surface area contributed by atoms with Gasteiger partial charge in [0.05, 0.1) is 16.2 Å². The van der Waals surface area contributed by atoms with E-state index < -0.39 is 15.8 Å². The molecule has 4 rings (SSSR count). The van der Waals surface area contributed by atoms with Gasteiger partial charge in [0.2, 0.25) is 0 Å². The number of oxazole rings is 1. The third kappa shape index (κ3) is 6.51. The zero-order valence-corrected chi connectivity index (χ0v) is 20.9. The maximum atomic E-state index is 12.8. The topological polar surface area (TPSA) is 101 Å². The Hall–Kier alpha value is -3.65. The van der Waals surface area contributed by atoms with E-state index in [0.29, 0.717) is 25.4 Å². The van der Waals surface area contributed by atoms with Crippen LogP contribution in [0, 0.1) is 0 Å².